The minimum Gasteiger partial charge on any atom is -0.481 e. The molecule has 0 saturated carbocycles. The molecule has 0 radical (unpaired) electrons. The summed E-state index contributed by atoms with van der Waals surface area (Å²) in [4.78, 5) is 14.1. The second-order valence-electron chi connectivity index (χ2n) is 8.52. The Hall–Kier alpha value is -3.53. The van der Waals surface area contributed by atoms with Crippen LogP contribution in [0.3, 0.4) is 0 Å². The summed E-state index contributed by atoms with van der Waals surface area (Å²) in [6.07, 6.45) is 0. The predicted molar refractivity (Wildman–Crippen MR) is 130 cm³/mol. The highest BCUT2D eigenvalue weighted by Gasteiger charge is 2.38. The molecule has 1 aliphatic heterocycles. The van der Waals surface area contributed by atoms with Gasteiger partial charge in [-0.3, -0.25) is 15.1 Å². The Morgan fingerprint density at radius 3 is 2.38 bits per heavy atom. The zero-order chi connectivity index (χ0) is 24.5. The maximum atomic E-state index is 12.0. The number of nitrogen functional groups attached to an aromatic ring is 1. The first-order valence-corrected chi connectivity index (χ1v) is 12.3. The molecule has 8 nitrogen and oxygen atoms in total. The molecule has 2 atom stereocenters. The molecule has 6 N–H and O–H groups in total. The molecule has 1 heterocycles. The Bertz CT molecular complexity index is 1340. The van der Waals surface area contributed by atoms with Crippen molar-refractivity contribution < 1.29 is 18.3 Å². The molecule has 1 fully saturated rings. The maximum absolute atomic E-state index is 12.0. The molecule has 3 aromatic rings. The highest BCUT2D eigenvalue weighted by atomic mass is 32.2. The minimum atomic E-state index is -3.85. The van der Waals surface area contributed by atoms with Crippen LogP contribution in [0.2, 0.25) is 0 Å². The fourth-order valence-corrected chi connectivity index (χ4v) is 5.30. The highest BCUT2D eigenvalue weighted by Crippen LogP contribution is 2.34. The third-order valence-electron chi connectivity index (χ3n) is 6.20. The third kappa shape index (κ3) is 5.01. The van der Waals surface area contributed by atoms with E-state index in [-0.39, 0.29) is 16.6 Å². The number of nitrogens with two attached hydrogens (primary N) is 2. The van der Waals surface area contributed by atoms with Crippen LogP contribution in [0.5, 0.6) is 0 Å². The molecule has 0 amide bonds. The van der Waals surface area contributed by atoms with Gasteiger partial charge in [0.2, 0.25) is 10.0 Å². The summed E-state index contributed by atoms with van der Waals surface area (Å²) >= 11 is 0. The Morgan fingerprint density at radius 1 is 1.03 bits per heavy atom. The van der Waals surface area contributed by atoms with E-state index in [1.165, 1.54) is 6.07 Å². The van der Waals surface area contributed by atoms with Gasteiger partial charge in [0.05, 0.1) is 10.8 Å². The molecule has 0 unspecified atom stereocenters. The van der Waals surface area contributed by atoms with E-state index in [0.717, 1.165) is 16.7 Å². The number of carboxylic acids is 1. The predicted octanol–water partition coefficient (Wildman–Crippen LogP) is 2.59. The number of likely N-dealkylation sites (tertiary alicyclic amines) is 1. The SMILES string of the molecule is N=C(N)c1cccc([C@H]2CN(Cc3ccc(-c4ccccc4S(N)(=O)=O)cc3)C[C@H]2C(=O)O)c1. The van der Waals surface area contributed by atoms with Gasteiger partial charge in [-0.15, -0.1) is 0 Å². The van der Waals surface area contributed by atoms with Crippen LogP contribution in [0.25, 0.3) is 11.1 Å². The van der Waals surface area contributed by atoms with E-state index in [0.29, 0.717) is 30.8 Å². The summed E-state index contributed by atoms with van der Waals surface area (Å²) in [5.74, 6) is -1.68. The fraction of sp³-hybridized carbons (Fsp3) is 0.200. The van der Waals surface area contributed by atoms with E-state index < -0.39 is 21.9 Å². The number of primary sulfonamides is 1. The lowest BCUT2D eigenvalue weighted by molar-refractivity contribution is -0.141. The summed E-state index contributed by atoms with van der Waals surface area (Å²) in [6.45, 7) is 1.53. The third-order valence-corrected chi connectivity index (χ3v) is 7.17. The average Bonchev–Trinajstić information content (AvgIpc) is 3.23. The molecule has 1 saturated heterocycles. The number of carboxylic acid groups (broad SMARTS) is 1. The van der Waals surface area contributed by atoms with Crippen molar-refractivity contribution in [1.82, 2.24) is 4.90 Å². The smallest absolute Gasteiger partial charge is 0.308 e. The van der Waals surface area contributed by atoms with E-state index >= 15 is 0 Å². The first-order chi connectivity index (χ1) is 16.1. The molecule has 4 rings (SSSR count). The van der Waals surface area contributed by atoms with Gasteiger partial charge < -0.3 is 10.8 Å². The van der Waals surface area contributed by atoms with Gasteiger partial charge in [-0.25, -0.2) is 13.6 Å². The first kappa shape index (κ1) is 23.6. The Morgan fingerprint density at radius 2 is 1.74 bits per heavy atom. The molecule has 176 valence electrons. The largest absolute Gasteiger partial charge is 0.481 e. The number of amidine groups is 1. The lowest BCUT2D eigenvalue weighted by Crippen LogP contribution is -2.23. The number of hydrogen-bond donors (Lipinski definition) is 4. The van der Waals surface area contributed by atoms with Crippen molar-refractivity contribution in [1.29, 1.82) is 5.41 Å². The summed E-state index contributed by atoms with van der Waals surface area (Å²) < 4.78 is 23.8. The van der Waals surface area contributed by atoms with Crippen LogP contribution in [-0.2, 0) is 21.4 Å². The van der Waals surface area contributed by atoms with Crippen LogP contribution in [-0.4, -0.2) is 43.3 Å². The molecule has 34 heavy (non-hydrogen) atoms. The lowest BCUT2D eigenvalue weighted by atomic mass is 9.88. The lowest BCUT2D eigenvalue weighted by Gasteiger charge is -2.17. The van der Waals surface area contributed by atoms with Crippen molar-refractivity contribution >= 4 is 21.8 Å². The Balaban J connectivity index is 1.53. The van der Waals surface area contributed by atoms with Crippen LogP contribution in [0.4, 0.5) is 0 Å². The number of nitrogens with one attached hydrogen (secondary N) is 1. The number of nitrogens with zero attached hydrogens (tertiary/aromatic N) is 1. The topological polar surface area (TPSA) is 151 Å². The summed E-state index contributed by atoms with van der Waals surface area (Å²) in [5, 5.41) is 22.8. The second kappa shape index (κ2) is 9.38. The van der Waals surface area contributed by atoms with E-state index in [4.69, 9.17) is 16.3 Å². The number of hydrogen-bond acceptors (Lipinski definition) is 5. The van der Waals surface area contributed by atoms with Crippen molar-refractivity contribution in [2.75, 3.05) is 13.1 Å². The van der Waals surface area contributed by atoms with Crippen molar-refractivity contribution in [2.24, 2.45) is 16.8 Å². The molecule has 1 aliphatic rings. The summed E-state index contributed by atoms with van der Waals surface area (Å²) in [7, 11) is -3.85. The Kier molecular flexibility index (Phi) is 6.52. The van der Waals surface area contributed by atoms with Crippen LogP contribution in [0, 0.1) is 11.3 Å². The van der Waals surface area contributed by atoms with Crippen LogP contribution >= 0.6 is 0 Å². The monoisotopic (exact) mass is 478 g/mol. The summed E-state index contributed by atoms with van der Waals surface area (Å²) in [6, 6.07) is 21.3. The van der Waals surface area contributed by atoms with Gasteiger partial charge in [0.25, 0.3) is 0 Å². The molecule has 0 aliphatic carbocycles. The van der Waals surface area contributed by atoms with Gasteiger partial charge in [0.15, 0.2) is 0 Å². The van der Waals surface area contributed by atoms with Gasteiger partial charge in [-0.1, -0.05) is 60.7 Å². The highest BCUT2D eigenvalue weighted by molar-refractivity contribution is 7.89. The van der Waals surface area contributed by atoms with Crippen molar-refractivity contribution in [3.05, 3.63) is 89.5 Å². The fourth-order valence-electron chi connectivity index (χ4n) is 4.54. The minimum absolute atomic E-state index is 0.0484. The number of rotatable bonds is 7. The van der Waals surface area contributed by atoms with E-state index in [1.54, 1.807) is 36.4 Å². The molecule has 3 aromatic carbocycles. The van der Waals surface area contributed by atoms with Gasteiger partial charge in [0.1, 0.15) is 5.84 Å². The maximum Gasteiger partial charge on any atom is 0.308 e. The van der Waals surface area contributed by atoms with Gasteiger partial charge in [-0.05, 0) is 28.8 Å². The van der Waals surface area contributed by atoms with Gasteiger partial charge in [0, 0.05) is 36.7 Å². The molecule has 0 spiro atoms. The van der Waals surface area contributed by atoms with Crippen molar-refractivity contribution in [3.8, 4) is 11.1 Å². The van der Waals surface area contributed by atoms with E-state index in [1.807, 2.05) is 30.3 Å². The molecular weight excluding hydrogens is 452 g/mol. The van der Waals surface area contributed by atoms with Crippen LogP contribution in [0.15, 0.2) is 77.7 Å². The molecule has 9 heteroatoms. The zero-order valence-electron chi connectivity index (χ0n) is 18.4. The number of aliphatic carboxylic acids is 1. The van der Waals surface area contributed by atoms with E-state index in [2.05, 4.69) is 4.90 Å². The average molecular weight is 479 g/mol. The second-order valence-corrected chi connectivity index (χ2v) is 10.1. The van der Waals surface area contributed by atoms with Gasteiger partial charge in [-0.2, -0.15) is 0 Å². The van der Waals surface area contributed by atoms with Crippen LogP contribution in [0.1, 0.15) is 22.6 Å². The van der Waals surface area contributed by atoms with Gasteiger partial charge >= 0.3 is 5.97 Å². The molecular formula is C25H26N4O4S. The van der Waals surface area contributed by atoms with Crippen molar-refractivity contribution in [2.45, 2.75) is 17.4 Å². The quantitative estimate of drug-likeness (QED) is 0.303. The number of carbonyl (C=O) groups is 1. The van der Waals surface area contributed by atoms with Crippen molar-refractivity contribution in [3.63, 3.8) is 0 Å². The first-order valence-electron chi connectivity index (χ1n) is 10.7. The van der Waals surface area contributed by atoms with E-state index in [9.17, 15) is 18.3 Å². The normalized spacial score (nSPS) is 18.6. The number of sulfonamides is 1. The number of benzene rings is 3. The van der Waals surface area contributed by atoms with Crippen LogP contribution < -0.4 is 10.9 Å². The molecule has 0 bridgehead atoms. The summed E-state index contributed by atoms with van der Waals surface area (Å²) in [5.41, 5.74) is 9.30. The standard InChI is InChI=1S/C25H26N4O4S/c26-24(27)19-5-3-4-18(12-19)21-14-29(15-22(21)25(30)31)13-16-8-10-17(11-9-16)20-6-1-2-7-23(20)34(28,32)33/h1-12,21-22H,13-15H2,(H3,26,27)(H,30,31)(H2,28,32,33)/t21-,22-/m1/s1. The zero-order valence-corrected chi connectivity index (χ0v) is 19.2. The molecule has 0 aromatic heterocycles. The Labute approximate surface area is 198 Å².